The highest BCUT2D eigenvalue weighted by Gasteiger charge is 2.10. The molecule has 0 unspecified atom stereocenters. The molecule has 0 atom stereocenters. The van der Waals surface area contributed by atoms with E-state index in [1.165, 1.54) is 11.3 Å². The molecular formula is C18H16N4OS. The Balaban J connectivity index is 1.45. The van der Waals surface area contributed by atoms with Crippen LogP contribution in [0, 0.1) is 6.92 Å². The van der Waals surface area contributed by atoms with Gasteiger partial charge in [-0.1, -0.05) is 35.6 Å². The number of rotatable bonds is 4. The lowest BCUT2D eigenvalue weighted by Gasteiger charge is -2.04. The number of hydrogen-bond acceptors (Lipinski definition) is 4. The van der Waals surface area contributed by atoms with Gasteiger partial charge in [0.25, 0.3) is 0 Å². The number of anilines is 1. The third kappa shape index (κ3) is 2.76. The first kappa shape index (κ1) is 14.8. The van der Waals surface area contributed by atoms with Crippen molar-refractivity contribution in [2.24, 2.45) is 0 Å². The van der Waals surface area contributed by atoms with Gasteiger partial charge in [-0.15, -0.1) is 0 Å². The Hall–Kier alpha value is -2.73. The number of aryl methyl sites for hydroxylation is 2. The second-order valence-corrected chi connectivity index (χ2v) is 6.70. The molecule has 0 aliphatic carbocycles. The molecule has 6 heteroatoms. The van der Waals surface area contributed by atoms with Crippen LogP contribution >= 0.6 is 11.3 Å². The lowest BCUT2D eigenvalue weighted by molar-refractivity contribution is -0.116. The Bertz CT molecular complexity index is 1030. The van der Waals surface area contributed by atoms with Gasteiger partial charge in [0.1, 0.15) is 0 Å². The Morgan fingerprint density at radius 1 is 1.21 bits per heavy atom. The van der Waals surface area contributed by atoms with Crippen molar-refractivity contribution in [3.05, 3.63) is 54.4 Å². The first-order chi connectivity index (χ1) is 11.7. The lowest BCUT2D eigenvalue weighted by atomic mass is 10.2. The molecule has 1 amide bonds. The van der Waals surface area contributed by atoms with Crippen LogP contribution in [-0.2, 0) is 11.3 Å². The zero-order valence-electron chi connectivity index (χ0n) is 13.2. The average Bonchev–Trinajstić information content (AvgIpc) is 3.17. The molecule has 0 aliphatic heterocycles. The summed E-state index contributed by atoms with van der Waals surface area (Å²) in [4.78, 5) is 21.1. The topological polar surface area (TPSA) is 59.8 Å². The van der Waals surface area contributed by atoms with E-state index in [2.05, 4.69) is 15.3 Å². The Labute approximate surface area is 143 Å². The molecule has 2 aromatic carbocycles. The van der Waals surface area contributed by atoms with Crippen LogP contribution in [0.25, 0.3) is 21.3 Å². The molecule has 4 rings (SSSR count). The van der Waals surface area contributed by atoms with Gasteiger partial charge in [-0.05, 0) is 30.7 Å². The molecule has 24 heavy (non-hydrogen) atoms. The number of benzene rings is 2. The van der Waals surface area contributed by atoms with Crippen molar-refractivity contribution in [1.82, 2.24) is 14.5 Å². The minimum absolute atomic E-state index is 0.0375. The fraction of sp³-hybridized carbons (Fsp3) is 0.167. The van der Waals surface area contributed by atoms with Crippen LogP contribution in [-0.4, -0.2) is 20.4 Å². The summed E-state index contributed by atoms with van der Waals surface area (Å²) in [5, 5.41) is 3.56. The third-order valence-electron chi connectivity index (χ3n) is 3.97. The molecule has 0 saturated heterocycles. The summed E-state index contributed by atoms with van der Waals surface area (Å²) in [5.41, 5.74) is 4.06. The van der Waals surface area contributed by atoms with Gasteiger partial charge in [-0.2, -0.15) is 0 Å². The number of imidazole rings is 1. The van der Waals surface area contributed by atoms with Gasteiger partial charge < -0.3 is 9.88 Å². The van der Waals surface area contributed by atoms with Crippen molar-refractivity contribution in [2.75, 3.05) is 5.32 Å². The van der Waals surface area contributed by atoms with Gasteiger partial charge in [0, 0.05) is 13.0 Å². The fourth-order valence-electron chi connectivity index (χ4n) is 2.73. The molecule has 2 heterocycles. The fourth-order valence-corrected chi connectivity index (χ4v) is 3.69. The Kier molecular flexibility index (Phi) is 3.74. The van der Waals surface area contributed by atoms with E-state index in [-0.39, 0.29) is 5.91 Å². The summed E-state index contributed by atoms with van der Waals surface area (Å²) in [6.07, 6.45) is 2.16. The highest BCUT2D eigenvalue weighted by molar-refractivity contribution is 7.22. The van der Waals surface area contributed by atoms with E-state index in [0.717, 1.165) is 26.8 Å². The second kappa shape index (κ2) is 6.05. The van der Waals surface area contributed by atoms with Gasteiger partial charge in [-0.3, -0.25) is 4.79 Å². The molecule has 0 fully saturated rings. The van der Waals surface area contributed by atoms with Gasteiger partial charge in [0.15, 0.2) is 5.13 Å². The van der Waals surface area contributed by atoms with E-state index in [0.29, 0.717) is 18.1 Å². The van der Waals surface area contributed by atoms with E-state index in [1.54, 1.807) is 6.33 Å². The highest BCUT2D eigenvalue weighted by atomic mass is 32.1. The normalized spacial score (nSPS) is 11.2. The molecule has 0 radical (unpaired) electrons. The van der Waals surface area contributed by atoms with Crippen molar-refractivity contribution >= 4 is 43.6 Å². The zero-order valence-corrected chi connectivity index (χ0v) is 14.0. The predicted molar refractivity (Wildman–Crippen MR) is 97.3 cm³/mol. The number of para-hydroxylation sites is 3. The maximum atomic E-state index is 12.2. The lowest BCUT2D eigenvalue weighted by Crippen LogP contribution is -2.14. The SMILES string of the molecule is Cc1cccc2sc(NC(=O)CCn3cnc4ccccc43)nc12. The van der Waals surface area contributed by atoms with Gasteiger partial charge >= 0.3 is 0 Å². The number of amides is 1. The van der Waals surface area contributed by atoms with E-state index in [9.17, 15) is 4.79 Å². The van der Waals surface area contributed by atoms with E-state index < -0.39 is 0 Å². The minimum Gasteiger partial charge on any atom is -0.330 e. The number of nitrogens with zero attached hydrogens (tertiary/aromatic N) is 3. The molecule has 0 saturated carbocycles. The third-order valence-corrected chi connectivity index (χ3v) is 4.91. The number of aromatic nitrogens is 3. The first-order valence-electron chi connectivity index (χ1n) is 7.76. The number of carbonyl (C=O) groups is 1. The maximum Gasteiger partial charge on any atom is 0.227 e. The number of fused-ring (bicyclic) bond motifs is 2. The summed E-state index contributed by atoms with van der Waals surface area (Å²) < 4.78 is 3.09. The Morgan fingerprint density at radius 2 is 2.08 bits per heavy atom. The van der Waals surface area contributed by atoms with E-state index in [1.807, 2.05) is 54.0 Å². The quantitative estimate of drug-likeness (QED) is 0.613. The average molecular weight is 336 g/mol. The van der Waals surface area contributed by atoms with Crippen LogP contribution in [0.15, 0.2) is 48.8 Å². The standard InChI is InChI=1S/C18H16N4OS/c1-12-5-4-8-15-17(12)21-18(24-15)20-16(23)9-10-22-11-19-13-6-2-3-7-14(13)22/h2-8,11H,9-10H2,1H3,(H,20,21,23). The molecule has 2 aromatic heterocycles. The highest BCUT2D eigenvalue weighted by Crippen LogP contribution is 2.27. The molecular weight excluding hydrogens is 320 g/mol. The van der Waals surface area contributed by atoms with Gasteiger partial charge in [0.05, 0.1) is 27.6 Å². The summed E-state index contributed by atoms with van der Waals surface area (Å²) in [6.45, 7) is 2.62. The summed E-state index contributed by atoms with van der Waals surface area (Å²) in [7, 11) is 0. The molecule has 1 N–H and O–H groups in total. The predicted octanol–water partition coefficient (Wildman–Crippen LogP) is 3.98. The summed E-state index contributed by atoms with van der Waals surface area (Å²) in [6, 6.07) is 14.0. The largest absolute Gasteiger partial charge is 0.330 e. The van der Waals surface area contributed by atoms with Crippen molar-refractivity contribution in [3.8, 4) is 0 Å². The van der Waals surface area contributed by atoms with Crippen LogP contribution in [0.5, 0.6) is 0 Å². The molecule has 0 aliphatic rings. The second-order valence-electron chi connectivity index (χ2n) is 5.67. The molecule has 0 bridgehead atoms. The monoisotopic (exact) mass is 336 g/mol. The first-order valence-corrected chi connectivity index (χ1v) is 8.58. The van der Waals surface area contributed by atoms with Crippen LogP contribution < -0.4 is 5.32 Å². The van der Waals surface area contributed by atoms with Crippen molar-refractivity contribution in [3.63, 3.8) is 0 Å². The molecule has 5 nitrogen and oxygen atoms in total. The van der Waals surface area contributed by atoms with Crippen LogP contribution in [0.1, 0.15) is 12.0 Å². The van der Waals surface area contributed by atoms with Crippen molar-refractivity contribution in [1.29, 1.82) is 0 Å². The van der Waals surface area contributed by atoms with Crippen LogP contribution in [0.3, 0.4) is 0 Å². The van der Waals surface area contributed by atoms with Crippen molar-refractivity contribution in [2.45, 2.75) is 19.9 Å². The zero-order chi connectivity index (χ0) is 16.5. The smallest absolute Gasteiger partial charge is 0.227 e. The summed E-state index contributed by atoms with van der Waals surface area (Å²) in [5.74, 6) is -0.0375. The van der Waals surface area contributed by atoms with Gasteiger partial charge in [0.2, 0.25) is 5.91 Å². The van der Waals surface area contributed by atoms with Crippen LogP contribution in [0.2, 0.25) is 0 Å². The van der Waals surface area contributed by atoms with Gasteiger partial charge in [-0.25, -0.2) is 9.97 Å². The number of carbonyl (C=O) groups excluding carboxylic acids is 1. The Morgan fingerprint density at radius 3 is 2.96 bits per heavy atom. The number of thiazole rings is 1. The molecule has 0 spiro atoms. The molecule has 4 aromatic rings. The van der Waals surface area contributed by atoms with Crippen molar-refractivity contribution < 1.29 is 4.79 Å². The van der Waals surface area contributed by atoms with E-state index >= 15 is 0 Å². The van der Waals surface area contributed by atoms with E-state index in [4.69, 9.17) is 0 Å². The molecule has 120 valence electrons. The van der Waals surface area contributed by atoms with Crippen LogP contribution in [0.4, 0.5) is 5.13 Å². The summed E-state index contributed by atoms with van der Waals surface area (Å²) >= 11 is 1.50. The maximum absolute atomic E-state index is 12.2. The number of nitrogens with one attached hydrogen (secondary N) is 1. The number of hydrogen-bond donors (Lipinski definition) is 1. The minimum atomic E-state index is -0.0375.